The van der Waals surface area contributed by atoms with Gasteiger partial charge < -0.3 is 10.1 Å². The Bertz CT molecular complexity index is 1360. The van der Waals surface area contributed by atoms with Gasteiger partial charge in [0.25, 0.3) is 0 Å². The van der Waals surface area contributed by atoms with Crippen LogP contribution in [0.5, 0.6) is 0 Å². The quantitative estimate of drug-likeness (QED) is 0.209. The number of rotatable bonds is 8. The molecule has 0 radical (unpaired) electrons. The molecule has 33 heavy (non-hydrogen) atoms. The van der Waals surface area contributed by atoms with Gasteiger partial charge in [-0.05, 0) is 41.1 Å². The van der Waals surface area contributed by atoms with Crippen molar-refractivity contribution in [1.82, 2.24) is 9.97 Å². The first-order valence-corrected chi connectivity index (χ1v) is 13.8. The molecule has 4 aromatic heterocycles. The largest absolute Gasteiger partial charge is 0.455 e. The molecular weight excluding hydrogens is 514 g/mol. The summed E-state index contributed by atoms with van der Waals surface area (Å²) in [4.78, 5) is 22.0. The molecule has 1 aromatic carbocycles. The molecule has 10 heteroatoms. The fraction of sp³-hybridized carbons (Fsp3) is 0.0870. The van der Waals surface area contributed by atoms with Gasteiger partial charge in [-0.3, -0.25) is 0 Å². The monoisotopic (exact) mass is 529 g/mol. The molecule has 166 valence electrons. The third-order valence-electron chi connectivity index (χ3n) is 4.65. The van der Waals surface area contributed by atoms with Gasteiger partial charge in [0.15, 0.2) is 0 Å². The molecule has 0 atom stereocenters. The molecule has 0 saturated heterocycles. The minimum Gasteiger partial charge on any atom is -0.455 e. The number of hydrogen-bond acceptors (Lipinski definition) is 9. The van der Waals surface area contributed by atoms with Crippen LogP contribution in [0.4, 0.5) is 5.69 Å². The lowest BCUT2D eigenvalue weighted by molar-refractivity contribution is 0.0469. The molecule has 1 N–H and O–H groups in total. The van der Waals surface area contributed by atoms with E-state index < -0.39 is 5.97 Å². The Hall–Kier alpha value is -2.56. The Morgan fingerprint density at radius 2 is 1.58 bits per heavy atom. The summed E-state index contributed by atoms with van der Waals surface area (Å²) in [6.07, 6.45) is 0. The maximum atomic E-state index is 12.8. The molecule has 5 rings (SSSR count). The molecule has 0 spiro atoms. The summed E-state index contributed by atoms with van der Waals surface area (Å²) in [7, 11) is 0. The first-order chi connectivity index (χ1) is 16.2. The van der Waals surface area contributed by atoms with Gasteiger partial charge in [-0.15, -0.1) is 22.7 Å². The number of carbonyl (C=O) groups excluding carboxylic acids is 1. The van der Waals surface area contributed by atoms with Crippen molar-refractivity contribution in [2.75, 3.05) is 5.32 Å². The van der Waals surface area contributed by atoms with E-state index in [1.165, 1.54) is 11.3 Å². The fourth-order valence-corrected chi connectivity index (χ4v) is 6.26. The van der Waals surface area contributed by atoms with E-state index in [0.717, 1.165) is 32.5 Å². The minimum absolute atomic E-state index is 0.109. The first kappa shape index (κ1) is 22.2. The minimum atomic E-state index is -0.434. The molecule has 0 bridgehead atoms. The molecule has 0 amide bonds. The zero-order valence-electron chi connectivity index (χ0n) is 17.0. The van der Waals surface area contributed by atoms with Crippen molar-refractivity contribution in [3.05, 3.63) is 84.6 Å². The zero-order chi connectivity index (χ0) is 22.6. The van der Waals surface area contributed by atoms with E-state index in [-0.39, 0.29) is 6.61 Å². The van der Waals surface area contributed by atoms with Crippen LogP contribution in [0.2, 0.25) is 5.02 Å². The summed E-state index contributed by atoms with van der Waals surface area (Å²) in [5.74, 6) is -0.434. The molecule has 5 nitrogen and oxygen atoms in total. The van der Waals surface area contributed by atoms with E-state index in [1.54, 1.807) is 52.2 Å². The van der Waals surface area contributed by atoms with E-state index in [1.807, 2.05) is 33.0 Å². The lowest BCUT2D eigenvalue weighted by Crippen LogP contribution is -2.10. The number of esters is 1. The van der Waals surface area contributed by atoms with E-state index in [9.17, 15) is 4.79 Å². The summed E-state index contributed by atoms with van der Waals surface area (Å²) >= 11 is 12.6. The Morgan fingerprint density at radius 3 is 2.24 bits per heavy atom. The number of hydrogen-bond donors (Lipinski definition) is 1. The van der Waals surface area contributed by atoms with Gasteiger partial charge in [-0.2, -0.15) is 22.7 Å². The highest BCUT2D eigenvalue weighted by molar-refractivity contribution is 7.14. The number of halogens is 1. The van der Waals surface area contributed by atoms with Crippen LogP contribution in [0.1, 0.15) is 21.7 Å². The van der Waals surface area contributed by atoms with Crippen molar-refractivity contribution in [2.24, 2.45) is 0 Å². The molecule has 5 aromatic rings. The second-order valence-electron chi connectivity index (χ2n) is 6.93. The molecule has 0 aliphatic rings. The first-order valence-electron chi connectivity index (χ1n) is 9.80. The van der Waals surface area contributed by atoms with Gasteiger partial charge in [-0.1, -0.05) is 11.6 Å². The smallest absolute Gasteiger partial charge is 0.340 e. The number of aromatic nitrogens is 2. The average Bonchev–Trinajstić information content (AvgIpc) is 3.63. The lowest BCUT2D eigenvalue weighted by Gasteiger charge is -2.11. The average molecular weight is 530 g/mol. The van der Waals surface area contributed by atoms with Crippen LogP contribution in [0.25, 0.3) is 21.1 Å². The second kappa shape index (κ2) is 10.1. The number of thiophene rings is 2. The molecular formula is C23H16ClN3O2S4. The number of thiazole rings is 2. The molecule has 0 fully saturated rings. The molecule has 0 saturated carbocycles. The van der Waals surface area contributed by atoms with E-state index >= 15 is 0 Å². The van der Waals surface area contributed by atoms with Crippen LogP contribution in [0.15, 0.2) is 62.6 Å². The summed E-state index contributed by atoms with van der Waals surface area (Å²) < 4.78 is 5.54. The van der Waals surface area contributed by atoms with Gasteiger partial charge in [-0.25, -0.2) is 14.8 Å². The Balaban J connectivity index is 1.24. The number of nitrogens with zero attached hydrogens (tertiary/aromatic N) is 2. The summed E-state index contributed by atoms with van der Waals surface area (Å²) in [5.41, 5.74) is 4.84. The van der Waals surface area contributed by atoms with E-state index in [0.29, 0.717) is 22.8 Å². The molecule has 0 unspecified atom stereocenters. The van der Waals surface area contributed by atoms with Crippen molar-refractivity contribution in [1.29, 1.82) is 0 Å². The number of ether oxygens (including phenoxy) is 1. The number of nitrogens with one attached hydrogen (secondary N) is 1. The van der Waals surface area contributed by atoms with E-state index in [4.69, 9.17) is 16.3 Å². The van der Waals surface area contributed by atoms with Crippen LogP contribution in [0.3, 0.4) is 0 Å². The van der Waals surface area contributed by atoms with Crippen molar-refractivity contribution >= 4 is 68.6 Å². The standard InChI is InChI=1S/C23H16ClN3O2S4/c24-16-1-2-19(23(28)29-9-18-13-33-22(27-18)15-4-6-31-11-15)20(7-16)25-8-17-12-32-21(26-17)14-3-5-30-10-14/h1-7,10-13,25H,8-9H2. The summed E-state index contributed by atoms with van der Waals surface area (Å²) in [6.45, 7) is 0.578. The number of carbonyl (C=O) groups is 1. The van der Waals surface area contributed by atoms with Crippen molar-refractivity contribution < 1.29 is 9.53 Å². The summed E-state index contributed by atoms with van der Waals surface area (Å²) in [6, 6.07) is 9.15. The number of anilines is 1. The molecule has 0 aliphatic carbocycles. The van der Waals surface area contributed by atoms with Gasteiger partial charge in [0.05, 0.1) is 29.2 Å². The normalized spacial score (nSPS) is 10.9. The van der Waals surface area contributed by atoms with Crippen molar-refractivity contribution in [3.63, 3.8) is 0 Å². The lowest BCUT2D eigenvalue weighted by atomic mass is 10.1. The van der Waals surface area contributed by atoms with Crippen LogP contribution >= 0.6 is 56.9 Å². The van der Waals surface area contributed by atoms with Crippen molar-refractivity contribution in [2.45, 2.75) is 13.2 Å². The van der Waals surface area contributed by atoms with Gasteiger partial charge in [0.2, 0.25) is 0 Å². The molecule has 0 aliphatic heterocycles. The third kappa shape index (κ3) is 5.34. The van der Waals surface area contributed by atoms with Gasteiger partial charge >= 0.3 is 5.97 Å². The fourth-order valence-electron chi connectivity index (χ4n) is 3.04. The zero-order valence-corrected chi connectivity index (χ0v) is 21.0. The maximum Gasteiger partial charge on any atom is 0.340 e. The topological polar surface area (TPSA) is 64.1 Å². The van der Waals surface area contributed by atoms with Gasteiger partial charge in [0.1, 0.15) is 16.6 Å². The predicted molar refractivity (Wildman–Crippen MR) is 139 cm³/mol. The Morgan fingerprint density at radius 1 is 0.909 bits per heavy atom. The maximum absolute atomic E-state index is 12.8. The Labute approximate surface area is 211 Å². The second-order valence-corrected chi connectivity index (χ2v) is 10.6. The van der Waals surface area contributed by atoms with Gasteiger partial charge in [0, 0.05) is 37.7 Å². The Kier molecular flexibility index (Phi) is 6.84. The third-order valence-corrected chi connectivity index (χ3v) is 8.13. The van der Waals surface area contributed by atoms with E-state index in [2.05, 4.69) is 26.7 Å². The van der Waals surface area contributed by atoms with Crippen LogP contribution < -0.4 is 5.32 Å². The van der Waals surface area contributed by atoms with Crippen LogP contribution in [0, 0.1) is 0 Å². The number of benzene rings is 1. The van der Waals surface area contributed by atoms with Crippen molar-refractivity contribution in [3.8, 4) is 21.1 Å². The molecule has 4 heterocycles. The van der Waals surface area contributed by atoms with Crippen LogP contribution in [-0.2, 0) is 17.9 Å². The predicted octanol–water partition coefficient (Wildman–Crippen LogP) is 7.68. The summed E-state index contributed by atoms with van der Waals surface area (Å²) in [5, 5.41) is 17.8. The van der Waals surface area contributed by atoms with Crippen LogP contribution in [-0.4, -0.2) is 15.9 Å². The SMILES string of the molecule is O=C(OCc1csc(-c2ccsc2)n1)c1ccc(Cl)cc1NCc1csc(-c2ccsc2)n1. The highest BCUT2D eigenvalue weighted by Crippen LogP contribution is 2.28. The highest BCUT2D eigenvalue weighted by atomic mass is 35.5. The highest BCUT2D eigenvalue weighted by Gasteiger charge is 2.16.